The number of rotatable bonds is 3. The largest absolute Gasteiger partial charge is 0.464 e. The third-order valence-corrected chi connectivity index (χ3v) is 7.17. The molecule has 0 aromatic heterocycles. The van der Waals surface area contributed by atoms with Crippen molar-refractivity contribution >= 4 is 55.8 Å². The molecule has 8 heteroatoms. The second-order valence-electron chi connectivity index (χ2n) is 7.27. The van der Waals surface area contributed by atoms with Crippen molar-refractivity contribution in [2.75, 3.05) is 17.1 Å². The number of hydrogen-bond donors (Lipinski definition) is 0. The number of methoxy groups -OCH3 is 1. The summed E-state index contributed by atoms with van der Waals surface area (Å²) in [5.74, 6) is -0.481. The van der Waals surface area contributed by atoms with E-state index in [4.69, 9.17) is 14.9 Å². The Hall–Kier alpha value is -3.10. The monoisotopic (exact) mass is 506 g/mol. The summed E-state index contributed by atoms with van der Waals surface area (Å²) in [5, 5.41) is 13.8. The molecule has 0 saturated heterocycles. The molecular weight excluding hydrogens is 488 g/mol. The van der Waals surface area contributed by atoms with E-state index >= 15 is 0 Å². The molecule has 0 radical (unpaired) electrons. The molecule has 1 atom stereocenters. The minimum atomic E-state index is -0.950. The van der Waals surface area contributed by atoms with Gasteiger partial charge in [0.1, 0.15) is 0 Å². The Balaban J connectivity index is 1.80. The lowest BCUT2D eigenvalue weighted by molar-refractivity contribution is -0.132. The smallest absolute Gasteiger partial charge is 0.365 e. The van der Waals surface area contributed by atoms with Crippen molar-refractivity contribution in [3.8, 4) is 0 Å². The lowest BCUT2D eigenvalue weighted by Crippen LogP contribution is -2.53. The number of halogens is 1. The molecule has 6 nitrogen and oxygen atoms in total. The van der Waals surface area contributed by atoms with Crippen LogP contribution in [0, 0.1) is 0 Å². The lowest BCUT2D eigenvalue weighted by Gasteiger charge is -2.46. The number of esters is 1. The van der Waals surface area contributed by atoms with E-state index in [1.165, 1.54) is 18.9 Å². The summed E-state index contributed by atoms with van der Waals surface area (Å²) in [5.41, 5.74) is 4.60. The van der Waals surface area contributed by atoms with Crippen molar-refractivity contribution in [3.05, 3.63) is 94.5 Å². The number of hydrazone groups is 2. The Kier molecular flexibility index (Phi) is 5.27. The average molecular weight is 507 g/mol. The molecule has 2 heterocycles. The number of benzene rings is 3. The molecule has 3 aromatic carbocycles. The van der Waals surface area contributed by atoms with E-state index in [1.54, 1.807) is 0 Å². The SMILES string of the molecule is COC(=O)C1=NN(c2ccc(Br)cc2)[C@]2(S1)c1ccccc1C(C)=NN2c1ccccc1. The maximum Gasteiger partial charge on any atom is 0.365 e. The average Bonchev–Trinajstić information content (AvgIpc) is 3.23. The first kappa shape index (κ1) is 20.8. The maximum absolute atomic E-state index is 12.6. The minimum Gasteiger partial charge on any atom is -0.464 e. The van der Waals surface area contributed by atoms with Gasteiger partial charge < -0.3 is 4.74 Å². The van der Waals surface area contributed by atoms with Crippen LogP contribution in [0.5, 0.6) is 0 Å². The van der Waals surface area contributed by atoms with Gasteiger partial charge in [-0.2, -0.15) is 10.2 Å². The van der Waals surface area contributed by atoms with Gasteiger partial charge in [-0.25, -0.2) is 14.8 Å². The van der Waals surface area contributed by atoms with E-state index in [9.17, 15) is 4.79 Å². The lowest BCUT2D eigenvalue weighted by atomic mass is 9.98. The van der Waals surface area contributed by atoms with E-state index in [2.05, 4.69) is 28.1 Å². The van der Waals surface area contributed by atoms with Gasteiger partial charge in [0.05, 0.1) is 24.2 Å². The topological polar surface area (TPSA) is 57.5 Å². The van der Waals surface area contributed by atoms with Crippen LogP contribution in [0.25, 0.3) is 0 Å². The third-order valence-electron chi connectivity index (χ3n) is 5.35. The van der Waals surface area contributed by atoms with Crippen molar-refractivity contribution in [2.45, 2.75) is 11.9 Å². The third kappa shape index (κ3) is 3.22. The van der Waals surface area contributed by atoms with Crippen molar-refractivity contribution < 1.29 is 9.53 Å². The molecule has 1 spiro atoms. The zero-order valence-electron chi connectivity index (χ0n) is 17.4. The van der Waals surface area contributed by atoms with Crippen LogP contribution in [-0.2, 0) is 14.5 Å². The highest BCUT2D eigenvalue weighted by Gasteiger charge is 2.56. The number of carbonyl (C=O) groups excluding carboxylic acids is 1. The fourth-order valence-electron chi connectivity index (χ4n) is 3.91. The molecule has 32 heavy (non-hydrogen) atoms. The summed E-state index contributed by atoms with van der Waals surface area (Å²) in [6.45, 7) is 1.99. The second-order valence-corrected chi connectivity index (χ2v) is 9.35. The van der Waals surface area contributed by atoms with Gasteiger partial charge in [0.25, 0.3) is 0 Å². The molecule has 0 bridgehead atoms. The number of para-hydroxylation sites is 1. The number of carbonyl (C=O) groups is 1. The van der Waals surface area contributed by atoms with Crippen molar-refractivity contribution in [1.82, 2.24) is 0 Å². The van der Waals surface area contributed by atoms with Crippen molar-refractivity contribution in [1.29, 1.82) is 0 Å². The highest BCUT2D eigenvalue weighted by molar-refractivity contribution is 9.10. The highest BCUT2D eigenvalue weighted by Crippen LogP contribution is 2.54. The molecular formula is C24H19BrN4O2S. The first-order valence-corrected chi connectivity index (χ1v) is 11.6. The van der Waals surface area contributed by atoms with Crippen molar-refractivity contribution in [2.24, 2.45) is 10.2 Å². The van der Waals surface area contributed by atoms with Gasteiger partial charge in [-0.15, -0.1) is 0 Å². The van der Waals surface area contributed by atoms with Gasteiger partial charge in [0.2, 0.25) is 10.0 Å². The van der Waals surface area contributed by atoms with E-state index in [1.807, 2.05) is 83.7 Å². The normalized spacial score (nSPS) is 19.5. The molecule has 0 N–H and O–H groups in total. The number of thioether (sulfide) groups is 1. The molecule has 0 fully saturated rings. The summed E-state index contributed by atoms with van der Waals surface area (Å²) in [4.78, 5) is 11.7. The predicted octanol–water partition coefficient (Wildman–Crippen LogP) is 5.54. The molecule has 2 aliphatic rings. The van der Waals surface area contributed by atoms with Gasteiger partial charge in [-0.1, -0.05) is 58.4 Å². The Morgan fingerprint density at radius 3 is 2.25 bits per heavy atom. The molecule has 3 aromatic rings. The summed E-state index contributed by atoms with van der Waals surface area (Å²) >= 11 is 4.83. The quantitative estimate of drug-likeness (QED) is 0.436. The van der Waals surface area contributed by atoms with E-state index in [0.29, 0.717) is 0 Å². The van der Waals surface area contributed by atoms with Crippen LogP contribution in [0.4, 0.5) is 11.4 Å². The van der Waals surface area contributed by atoms with Gasteiger partial charge >= 0.3 is 5.97 Å². The van der Waals surface area contributed by atoms with E-state index in [-0.39, 0.29) is 5.04 Å². The van der Waals surface area contributed by atoms with Crippen LogP contribution < -0.4 is 10.0 Å². The summed E-state index contributed by atoms with van der Waals surface area (Å²) in [6, 6.07) is 25.9. The standard InChI is InChI=1S/C24H19BrN4O2S/c1-16-20-10-6-7-11-21(20)24(28(26-16)18-8-4-3-5-9-18)29(19-14-12-17(25)13-15-19)27-22(32-24)23(30)31-2/h3-15H,1-2H3/t24-/m0/s1. The summed E-state index contributed by atoms with van der Waals surface area (Å²) < 4.78 is 6.00. The molecule has 160 valence electrons. The number of fused-ring (bicyclic) bond motifs is 2. The second kappa shape index (κ2) is 8.11. The summed E-state index contributed by atoms with van der Waals surface area (Å²) in [7, 11) is 1.37. The van der Waals surface area contributed by atoms with E-state index < -0.39 is 11.0 Å². The molecule has 2 aliphatic heterocycles. The van der Waals surface area contributed by atoms with Gasteiger partial charge in [0, 0.05) is 15.6 Å². The zero-order valence-corrected chi connectivity index (χ0v) is 19.8. The first-order valence-electron chi connectivity index (χ1n) is 9.96. The molecule has 0 aliphatic carbocycles. The van der Waals surface area contributed by atoms with Gasteiger partial charge in [-0.3, -0.25) is 0 Å². The van der Waals surface area contributed by atoms with Gasteiger partial charge in [0.15, 0.2) is 0 Å². The first-order chi connectivity index (χ1) is 15.5. The van der Waals surface area contributed by atoms with Crippen LogP contribution in [0.3, 0.4) is 0 Å². The Morgan fingerprint density at radius 2 is 1.53 bits per heavy atom. The van der Waals surface area contributed by atoms with Crippen LogP contribution in [0.15, 0.2) is 93.5 Å². The van der Waals surface area contributed by atoms with Gasteiger partial charge in [-0.05, 0) is 55.1 Å². The Morgan fingerprint density at radius 1 is 0.906 bits per heavy atom. The minimum absolute atomic E-state index is 0.265. The number of anilines is 2. The van der Waals surface area contributed by atoms with Crippen molar-refractivity contribution in [3.63, 3.8) is 0 Å². The highest BCUT2D eigenvalue weighted by atomic mass is 79.9. The van der Waals surface area contributed by atoms with E-state index in [0.717, 1.165) is 32.7 Å². The fraction of sp³-hybridized carbons (Fsp3) is 0.125. The van der Waals surface area contributed by atoms with Crippen LogP contribution in [0.1, 0.15) is 18.1 Å². The zero-order chi connectivity index (χ0) is 22.3. The van der Waals surface area contributed by atoms with Crippen LogP contribution in [0.2, 0.25) is 0 Å². The summed E-state index contributed by atoms with van der Waals surface area (Å²) in [6.07, 6.45) is 0. The van der Waals surface area contributed by atoms with Crippen LogP contribution >= 0.6 is 27.7 Å². The fourth-order valence-corrected chi connectivity index (χ4v) is 5.49. The maximum atomic E-state index is 12.6. The molecule has 0 amide bonds. The Labute approximate surface area is 198 Å². The Bertz CT molecular complexity index is 1250. The molecule has 5 rings (SSSR count). The number of nitrogens with zero attached hydrogens (tertiary/aromatic N) is 4. The number of hydrogen-bond acceptors (Lipinski definition) is 7. The number of ether oxygens (including phenoxy) is 1. The predicted molar refractivity (Wildman–Crippen MR) is 133 cm³/mol. The molecule has 0 unspecified atom stereocenters. The molecule has 0 saturated carbocycles. The van der Waals surface area contributed by atoms with Crippen LogP contribution in [-0.4, -0.2) is 23.8 Å².